The van der Waals surface area contributed by atoms with Crippen molar-refractivity contribution in [3.05, 3.63) is 58.6 Å². The fourth-order valence-corrected chi connectivity index (χ4v) is 2.95. The molecule has 0 aromatic heterocycles. The molecule has 4 aromatic rings. The van der Waals surface area contributed by atoms with Crippen LogP contribution in [0.3, 0.4) is 0 Å². The van der Waals surface area contributed by atoms with Gasteiger partial charge < -0.3 is 5.11 Å². The van der Waals surface area contributed by atoms with Gasteiger partial charge in [0, 0.05) is 22.2 Å². The van der Waals surface area contributed by atoms with Crippen LogP contribution in [-0.4, -0.2) is 10.0 Å². The third-order valence-corrected chi connectivity index (χ3v) is 3.80. The van der Waals surface area contributed by atoms with Gasteiger partial charge in [0.2, 0.25) is 0 Å². The molecule has 0 fully saturated rings. The molecule has 0 radical (unpaired) electrons. The Hall–Kier alpha value is -2.88. The van der Waals surface area contributed by atoms with Crippen LogP contribution in [0, 0.1) is 10.1 Å². The lowest BCUT2D eigenvalue weighted by Gasteiger charge is -2.11. The zero-order chi connectivity index (χ0) is 13.9. The predicted molar refractivity (Wildman–Crippen MR) is 78.5 cm³/mol. The Bertz CT molecular complexity index is 991. The van der Waals surface area contributed by atoms with Crippen molar-refractivity contribution in [3.63, 3.8) is 0 Å². The molecule has 1 N–H and O–H groups in total. The van der Waals surface area contributed by atoms with Gasteiger partial charge in [-0.3, -0.25) is 10.1 Å². The van der Waals surface area contributed by atoms with Gasteiger partial charge in [0.15, 0.2) is 0 Å². The Kier molecular flexibility index (Phi) is 1.96. The SMILES string of the molecule is O=[N+]([O-])c1ccc2cc(O)c3cccc4ccc1c2c43. The number of phenols is 1. The average molecular weight is 263 g/mol. The van der Waals surface area contributed by atoms with Crippen LogP contribution >= 0.6 is 0 Å². The van der Waals surface area contributed by atoms with Crippen molar-refractivity contribution in [2.75, 3.05) is 0 Å². The first kappa shape index (κ1) is 11.0. The highest BCUT2D eigenvalue weighted by molar-refractivity contribution is 6.26. The van der Waals surface area contributed by atoms with Crippen LogP contribution in [0.2, 0.25) is 0 Å². The van der Waals surface area contributed by atoms with Crippen molar-refractivity contribution in [3.8, 4) is 5.75 Å². The Morgan fingerprint density at radius 3 is 2.45 bits per heavy atom. The summed E-state index contributed by atoms with van der Waals surface area (Å²) in [5, 5.41) is 26.1. The maximum Gasteiger partial charge on any atom is 0.277 e. The highest BCUT2D eigenvalue weighted by Gasteiger charge is 2.17. The van der Waals surface area contributed by atoms with Gasteiger partial charge in [0.25, 0.3) is 5.69 Å². The molecule has 4 aromatic carbocycles. The molecular weight excluding hydrogens is 254 g/mol. The quantitative estimate of drug-likeness (QED) is 0.318. The van der Waals surface area contributed by atoms with Crippen LogP contribution in [0.15, 0.2) is 48.5 Å². The lowest BCUT2D eigenvalue weighted by molar-refractivity contribution is -0.383. The van der Waals surface area contributed by atoms with Crippen LogP contribution in [0.5, 0.6) is 5.75 Å². The molecule has 4 rings (SSSR count). The molecule has 0 heterocycles. The van der Waals surface area contributed by atoms with Crippen molar-refractivity contribution < 1.29 is 10.0 Å². The number of aromatic hydroxyl groups is 1. The van der Waals surface area contributed by atoms with E-state index in [4.69, 9.17) is 0 Å². The Labute approximate surface area is 113 Å². The summed E-state index contributed by atoms with van der Waals surface area (Å²) in [4.78, 5) is 10.8. The normalized spacial score (nSPS) is 11.6. The first-order valence-electron chi connectivity index (χ1n) is 6.21. The highest BCUT2D eigenvalue weighted by Crippen LogP contribution is 2.41. The van der Waals surface area contributed by atoms with E-state index in [9.17, 15) is 15.2 Å². The molecule has 4 nitrogen and oxygen atoms in total. The van der Waals surface area contributed by atoms with E-state index < -0.39 is 0 Å². The summed E-state index contributed by atoms with van der Waals surface area (Å²) in [5.41, 5.74) is 0.0928. The lowest BCUT2D eigenvalue weighted by atomic mass is 9.93. The monoisotopic (exact) mass is 263 g/mol. The van der Waals surface area contributed by atoms with Gasteiger partial charge in [-0.25, -0.2) is 0 Å². The zero-order valence-corrected chi connectivity index (χ0v) is 10.3. The van der Waals surface area contributed by atoms with Gasteiger partial charge in [0.1, 0.15) is 5.75 Å². The lowest BCUT2D eigenvalue weighted by Crippen LogP contribution is -1.91. The number of hydrogen-bond donors (Lipinski definition) is 1. The van der Waals surface area contributed by atoms with Crippen molar-refractivity contribution in [2.24, 2.45) is 0 Å². The first-order valence-corrected chi connectivity index (χ1v) is 6.21. The largest absolute Gasteiger partial charge is 0.507 e. The minimum atomic E-state index is -0.369. The molecule has 96 valence electrons. The van der Waals surface area contributed by atoms with E-state index in [1.165, 1.54) is 6.07 Å². The Morgan fingerprint density at radius 2 is 1.65 bits per heavy atom. The Morgan fingerprint density at radius 1 is 0.900 bits per heavy atom. The molecule has 0 saturated heterocycles. The van der Waals surface area contributed by atoms with Crippen molar-refractivity contribution in [1.29, 1.82) is 0 Å². The second-order valence-electron chi connectivity index (χ2n) is 4.85. The third kappa shape index (κ3) is 1.25. The number of non-ortho nitro benzene ring substituents is 1. The van der Waals surface area contributed by atoms with Crippen LogP contribution in [0.1, 0.15) is 0 Å². The van der Waals surface area contributed by atoms with Gasteiger partial charge in [-0.2, -0.15) is 0 Å². The van der Waals surface area contributed by atoms with Crippen LogP contribution in [0.4, 0.5) is 5.69 Å². The predicted octanol–water partition coefficient (Wildman–Crippen LogP) is 4.20. The summed E-state index contributed by atoms with van der Waals surface area (Å²) < 4.78 is 0. The number of rotatable bonds is 1. The summed E-state index contributed by atoms with van der Waals surface area (Å²) >= 11 is 0. The minimum Gasteiger partial charge on any atom is -0.507 e. The third-order valence-electron chi connectivity index (χ3n) is 3.80. The zero-order valence-electron chi connectivity index (χ0n) is 10.3. The van der Waals surface area contributed by atoms with Gasteiger partial charge in [-0.15, -0.1) is 0 Å². The van der Waals surface area contributed by atoms with E-state index in [0.29, 0.717) is 5.39 Å². The molecule has 0 amide bonds. The number of hydrogen-bond acceptors (Lipinski definition) is 3. The minimum absolute atomic E-state index is 0.0928. The molecule has 0 saturated carbocycles. The van der Waals surface area contributed by atoms with Crippen molar-refractivity contribution in [2.45, 2.75) is 0 Å². The fraction of sp³-hybridized carbons (Fsp3) is 0. The van der Waals surface area contributed by atoms with E-state index in [0.717, 1.165) is 26.9 Å². The smallest absolute Gasteiger partial charge is 0.277 e. The number of nitro groups is 1. The highest BCUT2D eigenvalue weighted by atomic mass is 16.6. The summed E-state index contributed by atoms with van der Waals surface area (Å²) in [7, 11) is 0. The van der Waals surface area contributed by atoms with Crippen LogP contribution < -0.4 is 0 Å². The number of nitro benzene ring substituents is 1. The molecule has 0 atom stereocenters. The van der Waals surface area contributed by atoms with Crippen LogP contribution in [-0.2, 0) is 0 Å². The summed E-state index contributed by atoms with van der Waals surface area (Å²) in [6.45, 7) is 0. The molecule has 0 bridgehead atoms. The van der Waals surface area contributed by atoms with E-state index in [2.05, 4.69) is 0 Å². The maximum atomic E-state index is 11.2. The number of benzene rings is 4. The standard InChI is InChI=1S/C16H9NO3/c18-14-8-10-5-7-13(17(19)20)11-6-4-9-2-1-3-12(14)15(9)16(10)11/h1-8,18H. The van der Waals surface area contributed by atoms with E-state index >= 15 is 0 Å². The van der Waals surface area contributed by atoms with Gasteiger partial charge in [0.05, 0.1) is 10.3 Å². The number of nitrogens with zero attached hydrogens (tertiary/aromatic N) is 1. The number of phenolic OH excluding ortho intramolecular Hbond substituents is 1. The van der Waals surface area contributed by atoms with Gasteiger partial charge in [-0.05, 0) is 29.0 Å². The molecule has 0 aliphatic rings. The van der Waals surface area contributed by atoms with Gasteiger partial charge >= 0.3 is 0 Å². The maximum absolute atomic E-state index is 11.2. The van der Waals surface area contributed by atoms with E-state index in [-0.39, 0.29) is 16.4 Å². The van der Waals surface area contributed by atoms with Crippen molar-refractivity contribution in [1.82, 2.24) is 0 Å². The molecule has 0 aliphatic heterocycles. The van der Waals surface area contributed by atoms with E-state index in [1.807, 2.05) is 24.3 Å². The second-order valence-corrected chi connectivity index (χ2v) is 4.85. The fourth-order valence-electron chi connectivity index (χ4n) is 2.95. The van der Waals surface area contributed by atoms with E-state index in [1.54, 1.807) is 18.2 Å². The second kappa shape index (κ2) is 3.57. The Balaban J connectivity index is 2.39. The first-order chi connectivity index (χ1) is 9.66. The average Bonchev–Trinajstić information content (AvgIpc) is 2.45. The van der Waals surface area contributed by atoms with Crippen LogP contribution in [0.25, 0.3) is 32.3 Å². The molecule has 4 heteroatoms. The van der Waals surface area contributed by atoms with Crippen molar-refractivity contribution >= 4 is 38.0 Å². The molecule has 0 spiro atoms. The molecular formula is C16H9NO3. The summed E-state index contributed by atoms with van der Waals surface area (Å²) in [5.74, 6) is 0.199. The molecule has 20 heavy (non-hydrogen) atoms. The molecule has 0 aliphatic carbocycles. The summed E-state index contributed by atoms with van der Waals surface area (Å²) in [6.07, 6.45) is 0. The topological polar surface area (TPSA) is 63.4 Å². The summed E-state index contributed by atoms with van der Waals surface area (Å²) in [6, 6.07) is 14.1. The molecule has 0 unspecified atom stereocenters. The van der Waals surface area contributed by atoms with Gasteiger partial charge in [-0.1, -0.05) is 24.3 Å².